The zero-order valence-corrected chi connectivity index (χ0v) is 12.3. The fourth-order valence-corrected chi connectivity index (χ4v) is 2.93. The highest BCUT2D eigenvalue weighted by Gasteiger charge is 2.14. The van der Waals surface area contributed by atoms with Crippen LogP contribution in [0.15, 0.2) is 24.4 Å². The molecule has 0 aliphatic carbocycles. The Balaban J connectivity index is 1.89. The number of benzene rings is 1. The maximum absolute atomic E-state index is 12.2. The highest BCUT2D eigenvalue weighted by molar-refractivity contribution is 7.22. The zero-order valence-electron chi connectivity index (χ0n) is 11.5. The highest BCUT2D eigenvalue weighted by Crippen LogP contribution is 2.27. The predicted molar refractivity (Wildman–Crippen MR) is 80.3 cm³/mol. The van der Waals surface area contributed by atoms with E-state index in [2.05, 4.69) is 21.5 Å². The Morgan fingerprint density at radius 2 is 2.15 bits per heavy atom. The van der Waals surface area contributed by atoms with E-state index in [0.29, 0.717) is 10.7 Å². The number of amides is 1. The van der Waals surface area contributed by atoms with Crippen molar-refractivity contribution in [2.75, 3.05) is 5.32 Å². The molecule has 0 aliphatic heterocycles. The number of aromatic nitrogens is 3. The molecule has 0 aliphatic rings. The molecular weight excluding hydrogens is 272 g/mol. The van der Waals surface area contributed by atoms with E-state index in [1.54, 1.807) is 10.9 Å². The molecule has 0 spiro atoms. The summed E-state index contributed by atoms with van der Waals surface area (Å²) in [6.07, 6.45) is 1.57. The van der Waals surface area contributed by atoms with Crippen LogP contribution < -0.4 is 5.32 Å². The first-order chi connectivity index (χ1) is 9.54. The van der Waals surface area contributed by atoms with Crippen molar-refractivity contribution in [2.24, 2.45) is 7.05 Å². The summed E-state index contributed by atoms with van der Waals surface area (Å²) in [5, 5.41) is 7.52. The summed E-state index contributed by atoms with van der Waals surface area (Å²) < 4.78 is 2.75. The Morgan fingerprint density at radius 3 is 2.85 bits per heavy atom. The largest absolute Gasteiger partial charge is 0.298 e. The highest BCUT2D eigenvalue weighted by atomic mass is 32.1. The fourth-order valence-electron chi connectivity index (χ4n) is 1.97. The molecule has 0 bridgehead atoms. The number of rotatable bonds is 2. The van der Waals surface area contributed by atoms with Crippen LogP contribution in [0.4, 0.5) is 5.13 Å². The van der Waals surface area contributed by atoms with E-state index in [4.69, 9.17) is 0 Å². The molecule has 3 aromatic rings. The van der Waals surface area contributed by atoms with E-state index in [1.807, 2.05) is 33.0 Å². The van der Waals surface area contributed by atoms with Gasteiger partial charge in [0.1, 0.15) is 0 Å². The molecular formula is C14H14N4OS. The van der Waals surface area contributed by atoms with E-state index in [1.165, 1.54) is 16.9 Å². The van der Waals surface area contributed by atoms with E-state index in [-0.39, 0.29) is 5.91 Å². The van der Waals surface area contributed by atoms with Crippen molar-refractivity contribution in [1.29, 1.82) is 0 Å². The van der Waals surface area contributed by atoms with Crippen LogP contribution in [0, 0.1) is 13.8 Å². The number of thiazole rings is 1. The van der Waals surface area contributed by atoms with Gasteiger partial charge in [-0.25, -0.2) is 4.98 Å². The Labute approximate surface area is 120 Å². The SMILES string of the molecule is Cc1ccc2nc(NC(=O)c3cnn(C)c3C)sc2c1. The Morgan fingerprint density at radius 1 is 1.35 bits per heavy atom. The van der Waals surface area contributed by atoms with Gasteiger partial charge in [-0.05, 0) is 31.5 Å². The van der Waals surface area contributed by atoms with Crippen LogP contribution in [-0.2, 0) is 7.05 Å². The summed E-state index contributed by atoms with van der Waals surface area (Å²) in [4.78, 5) is 16.6. The number of carbonyl (C=O) groups excluding carboxylic acids is 1. The number of hydrogen-bond donors (Lipinski definition) is 1. The first kappa shape index (κ1) is 12.8. The van der Waals surface area contributed by atoms with Crippen LogP contribution in [0.25, 0.3) is 10.2 Å². The number of anilines is 1. The zero-order chi connectivity index (χ0) is 14.3. The van der Waals surface area contributed by atoms with E-state index < -0.39 is 0 Å². The molecule has 0 unspecified atom stereocenters. The van der Waals surface area contributed by atoms with Crippen LogP contribution >= 0.6 is 11.3 Å². The number of aryl methyl sites for hydroxylation is 2. The maximum Gasteiger partial charge on any atom is 0.260 e. The lowest BCUT2D eigenvalue weighted by molar-refractivity contribution is 0.102. The minimum Gasteiger partial charge on any atom is -0.298 e. The average molecular weight is 286 g/mol. The van der Waals surface area contributed by atoms with Crippen molar-refractivity contribution in [3.05, 3.63) is 41.2 Å². The van der Waals surface area contributed by atoms with Crippen molar-refractivity contribution in [1.82, 2.24) is 14.8 Å². The second-order valence-corrected chi connectivity index (χ2v) is 5.74. The molecule has 2 heterocycles. The maximum atomic E-state index is 12.2. The third-order valence-corrected chi connectivity index (χ3v) is 4.18. The number of hydrogen-bond acceptors (Lipinski definition) is 4. The van der Waals surface area contributed by atoms with Gasteiger partial charge >= 0.3 is 0 Å². The van der Waals surface area contributed by atoms with Crippen molar-refractivity contribution in [3.8, 4) is 0 Å². The molecule has 1 N–H and O–H groups in total. The lowest BCUT2D eigenvalue weighted by Gasteiger charge is -2.00. The summed E-state index contributed by atoms with van der Waals surface area (Å²) >= 11 is 1.48. The molecule has 0 atom stereocenters. The minimum absolute atomic E-state index is 0.175. The Bertz CT molecular complexity index is 803. The van der Waals surface area contributed by atoms with Crippen molar-refractivity contribution >= 4 is 32.6 Å². The van der Waals surface area contributed by atoms with Gasteiger partial charge in [0.25, 0.3) is 5.91 Å². The first-order valence-electron chi connectivity index (χ1n) is 6.22. The molecule has 0 fully saturated rings. The molecule has 0 radical (unpaired) electrons. The van der Waals surface area contributed by atoms with Gasteiger partial charge in [-0.1, -0.05) is 17.4 Å². The van der Waals surface area contributed by atoms with E-state index in [9.17, 15) is 4.79 Å². The normalized spacial score (nSPS) is 10.9. The van der Waals surface area contributed by atoms with Crippen LogP contribution in [0.3, 0.4) is 0 Å². The van der Waals surface area contributed by atoms with Gasteiger partial charge in [-0.15, -0.1) is 0 Å². The van der Waals surface area contributed by atoms with Gasteiger partial charge in [0, 0.05) is 12.7 Å². The van der Waals surface area contributed by atoms with Gasteiger partial charge in [-0.2, -0.15) is 5.10 Å². The van der Waals surface area contributed by atoms with Crippen LogP contribution in [0.2, 0.25) is 0 Å². The number of fused-ring (bicyclic) bond motifs is 1. The van der Waals surface area contributed by atoms with Gasteiger partial charge in [0.15, 0.2) is 5.13 Å². The third kappa shape index (κ3) is 2.18. The summed E-state index contributed by atoms with van der Waals surface area (Å²) in [5.74, 6) is -0.175. The second kappa shape index (κ2) is 4.72. The number of nitrogens with zero attached hydrogens (tertiary/aromatic N) is 3. The van der Waals surface area contributed by atoms with Gasteiger partial charge in [0.05, 0.1) is 22.0 Å². The second-order valence-electron chi connectivity index (χ2n) is 4.71. The minimum atomic E-state index is -0.175. The van der Waals surface area contributed by atoms with Crippen LogP contribution in [0.5, 0.6) is 0 Å². The summed E-state index contributed by atoms with van der Waals surface area (Å²) in [5.41, 5.74) is 3.49. The third-order valence-electron chi connectivity index (χ3n) is 3.24. The summed E-state index contributed by atoms with van der Waals surface area (Å²) in [7, 11) is 1.81. The topological polar surface area (TPSA) is 59.8 Å². The molecule has 1 aromatic carbocycles. The summed E-state index contributed by atoms with van der Waals surface area (Å²) in [6.45, 7) is 3.90. The van der Waals surface area contributed by atoms with Crippen molar-refractivity contribution < 1.29 is 4.79 Å². The molecule has 5 nitrogen and oxygen atoms in total. The lowest BCUT2D eigenvalue weighted by Crippen LogP contribution is -2.12. The number of nitrogens with one attached hydrogen (secondary N) is 1. The number of carbonyl (C=O) groups is 1. The predicted octanol–water partition coefficient (Wildman–Crippen LogP) is 2.90. The van der Waals surface area contributed by atoms with Gasteiger partial charge in [-0.3, -0.25) is 14.8 Å². The average Bonchev–Trinajstić information content (AvgIpc) is 2.93. The standard InChI is InChI=1S/C14H14N4OS/c1-8-4-5-11-12(6-8)20-14(16-11)17-13(19)10-7-15-18(3)9(10)2/h4-7H,1-3H3,(H,16,17,19). The van der Waals surface area contributed by atoms with Gasteiger partial charge in [0.2, 0.25) is 0 Å². The van der Waals surface area contributed by atoms with E-state index >= 15 is 0 Å². The molecule has 102 valence electrons. The molecule has 0 saturated heterocycles. The molecule has 1 amide bonds. The first-order valence-corrected chi connectivity index (χ1v) is 7.03. The van der Waals surface area contributed by atoms with Crippen molar-refractivity contribution in [3.63, 3.8) is 0 Å². The summed E-state index contributed by atoms with van der Waals surface area (Å²) in [6, 6.07) is 6.04. The Kier molecular flexibility index (Phi) is 3.02. The smallest absolute Gasteiger partial charge is 0.260 e. The fraction of sp³-hybridized carbons (Fsp3) is 0.214. The Hall–Kier alpha value is -2.21. The van der Waals surface area contributed by atoms with E-state index in [0.717, 1.165) is 15.9 Å². The van der Waals surface area contributed by atoms with Crippen LogP contribution in [0.1, 0.15) is 21.6 Å². The molecule has 6 heteroatoms. The van der Waals surface area contributed by atoms with Crippen LogP contribution in [-0.4, -0.2) is 20.7 Å². The monoisotopic (exact) mass is 286 g/mol. The van der Waals surface area contributed by atoms with Crippen molar-refractivity contribution in [2.45, 2.75) is 13.8 Å². The molecule has 2 aromatic heterocycles. The lowest BCUT2D eigenvalue weighted by atomic mass is 10.2. The molecule has 0 saturated carbocycles. The molecule has 20 heavy (non-hydrogen) atoms. The van der Waals surface area contributed by atoms with Gasteiger partial charge < -0.3 is 0 Å². The quantitative estimate of drug-likeness (QED) is 0.788. The molecule has 3 rings (SSSR count).